The minimum atomic E-state index is 0.599. The monoisotopic (exact) mass is 142 g/mol. The summed E-state index contributed by atoms with van der Waals surface area (Å²) in [5, 5.41) is 0. The van der Waals surface area contributed by atoms with Gasteiger partial charge in [-0.3, -0.25) is 0 Å². The Morgan fingerprint density at radius 2 is 2.20 bits per heavy atom. The summed E-state index contributed by atoms with van der Waals surface area (Å²) >= 11 is 0. The summed E-state index contributed by atoms with van der Waals surface area (Å²) < 4.78 is 9.85. The number of hydrogen-bond donors (Lipinski definition) is 0. The van der Waals surface area contributed by atoms with Crippen molar-refractivity contribution in [3.8, 4) is 0 Å². The second-order valence-corrected chi connectivity index (χ2v) is 1.93. The number of hydrogen-bond acceptors (Lipinski definition) is 2. The van der Waals surface area contributed by atoms with Gasteiger partial charge in [0.15, 0.2) is 0 Å². The van der Waals surface area contributed by atoms with Gasteiger partial charge in [0, 0.05) is 7.11 Å². The third-order valence-electron chi connectivity index (χ3n) is 0.997. The average Bonchev–Trinajstić information content (AvgIpc) is 1.98. The lowest BCUT2D eigenvalue weighted by molar-refractivity contribution is 0.123. The lowest BCUT2D eigenvalue weighted by atomic mass is 10.3. The summed E-state index contributed by atoms with van der Waals surface area (Å²) in [5.41, 5.74) is 1.02. The molecule has 2 heteroatoms. The van der Waals surface area contributed by atoms with E-state index in [1.807, 2.05) is 6.92 Å². The lowest BCUT2D eigenvalue weighted by Gasteiger charge is -1.98. The Balaban J connectivity index is 3.24. The van der Waals surface area contributed by atoms with Crippen molar-refractivity contribution in [1.82, 2.24) is 0 Å². The molecule has 0 saturated carbocycles. The maximum absolute atomic E-state index is 5.07. The van der Waals surface area contributed by atoms with E-state index in [-0.39, 0.29) is 0 Å². The van der Waals surface area contributed by atoms with Crippen LogP contribution in [-0.4, -0.2) is 20.3 Å². The van der Waals surface area contributed by atoms with Crippen LogP contribution in [0.3, 0.4) is 0 Å². The molecule has 0 radical (unpaired) electrons. The lowest BCUT2D eigenvalue weighted by Crippen LogP contribution is -1.96. The highest BCUT2D eigenvalue weighted by atomic mass is 16.5. The minimum absolute atomic E-state index is 0.599. The molecular formula is C8H14O2. The maximum Gasteiger partial charge on any atom is 0.111 e. The van der Waals surface area contributed by atoms with Crippen LogP contribution in [-0.2, 0) is 9.47 Å². The highest BCUT2D eigenvalue weighted by Crippen LogP contribution is 1.92. The van der Waals surface area contributed by atoms with Crippen molar-refractivity contribution in [2.75, 3.05) is 20.3 Å². The summed E-state index contributed by atoms with van der Waals surface area (Å²) in [6.45, 7) is 6.74. The van der Waals surface area contributed by atoms with Gasteiger partial charge in [-0.1, -0.05) is 12.7 Å². The molecule has 0 aromatic heterocycles. The van der Waals surface area contributed by atoms with E-state index < -0.39 is 0 Å². The minimum Gasteiger partial charge on any atom is -0.499 e. The molecule has 0 aromatic rings. The van der Waals surface area contributed by atoms with Crippen LogP contribution in [0.15, 0.2) is 24.5 Å². The average molecular weight is 142 g/mol. The van der Waals surface area contributed by atoms with Gasteiger partial charge in [0.05, 0.1) is 12.9 Å². The zero-order valence-electron chi connectivity index (χ0n) is 6.59. The van der Waals surface area contributed by atoms with Gasteiger partial charge in [-0.15, -0.1) is 0 Å². The zero-order chi connectivity index (χ0) is 7.82. The van der Waals surface area contributed by atoms with E-state index in [2.05, 4.69) is 6.58 Å². The van der Waals surface area contributed by atoms with Gasteiger partial charge < -0.3 is 9.47 Å². The molecule has 0 heterocycles. The van der Waals surface area contributed by atoms with Crippen LogP contribution in [0.25, 0.3) is 0 Å². The number of ether oxygens (including phenoxy) is 2. The second-order valence-electron chi connectivity index (χ2n) is 1.93. The normalized spacial score (nSPS) is 11.2. The van der Waals surface area contributed by atoms with E-state index in [1.54, 1.807) is 19.4 Å². The van der Waals surface area contributed by atoms with Crippen molar-refractivity contribution in [2.45, 2.75) is 6.92 Å². The third kappa shape index (κ3) is 5.38. The highest BCUT2D eigenvalue weighted by molar-refractivity contribution is 5.09. The molecule has 0 unspecified atom stereocenters. The molecule has 2 nitrogen and oxygen atoms in total. The Bertz CT molecular complexity index is 116. The first-order valence-electron chi connectivity index (χ1n) is 3.21. The first kappa shape index (κ1) is 9.24. The van der Waals surface area contributed by atoms with Gasteiger partial charge in [-0.2, -0.15) is 0 Å². The Kier molecular flexibility index (Phi) is 5.88. The standard InChI is InChI=1S/C8H14O2/c1-4-8(2)7-10-6-5-9-3/h4,7H,1,5-6H2,2-3H3. The van der Waals surface area contributed by atoms with Gasteiger partial charge in [-0.05, 0) is 12.5 Å². The molecule has 0 aliphatic carbocycles. The molecule has 10 heavy (non-hydrogen) atoms. The molecule has 0 bridgehead atoms. The zero-order valence-corrected chi connectivity index (χ0v) is 6.59. The van der Waals surface area contributed by atoms with E-state index in [0.717, 1.165) is 5.57 Å². The highest BCUT2D eigenvalue weighted by Gasteiger charge is 1.81. The second kappa shape index (κ2) is 6.36. The topological polar surface area (TPSA) is 18.5 Å². The predicted octanol–water partition coefficient (Wildman–Crippen LogP) is 1.74. The fraction of sp³-hybridized carbons (Fsp3) is 0.500. The van der Waals surface area contributed by atoms with Crippen molar-refractivity contribution in [1.29, 1.82) is 0 Å². The van der Waals surface area contributed by atoms with Gasteiger partial charge >= 0.3 is 0 Å². The fourth-order valence-electron chi connectivity index (χ4n) is 0.370. The third-order valence-corrected chi connectivity index (χ3v) is 0.997. The molecule has 0 spiro atoms. The van der Waals surface area contributed by atoms with Crippen molar-refractivity contribution >= 4 is 0 Å². The van der Waals surface area contributed by atoms with Crippen LogP contribution in [0.2, 0.25) is 0 Å². The predicted molar refractivity (Wildman–Crippen MR) is 41.8 cm³/mol. The molecule has 0 aliphatic rings. The Morgan fingerprint density at radius 3 is 2.70 bits per heavy atom. The van der Waals surface area contributed by atoms with Crippen LogP contribution >= 0.6 is 0 Å². The maximum atomic E-state index is 5.07. The van der Waals surface area contributed by atoms with Crippen molar-refractivity contribution in [3.05, 3.63) is 24.5 Å². The van der Waals surface area contributed by atoms with Gasteiger partial charge in [0.2, 0.25) is 0 Å². The van der Waals surface area contributed by atoms with Gasteiger partial charge in [-0.25, -0.2) is 0 Å². The smallest absolute Gasteiger partial charge is 0.111 e. The van der Waals surface area contributed by atoms with Crippen LogP contribution in [0.5, 0.6) is 0 Å². The molecule has 0 fully saturated rings. The molecular weight excluding hydrogens is 128 g/mol. The SMILES string of the molecule is C=CC(C)=COCCOC. The van der Waals surface area contributed by atoms with Crippen molar-refractivity contribution in [2.24, 2.45) is 0 Å². The molecule has 0 rings (SSSR count). The van der Waals surface area contributed by atoms with Gasteiger partial charge in [0.1, 0.15) is 6.61 Å². The van der Waals surface area contributed by atoms with E-state index in [9.17, 15) is 0 Å². The Labute approximate surface area is 62.1 Å². The van der Waals surface area contributed by atoms with Crippen LogP contribution in [0, 0.1) is 0 Å². The summed E-state index contributed by atoms with van der Waals surface area (Å²) in [6.07, 6.45) is 3.42. The van der Waals surface area contributed by atoms with Crippen LogP contribution < -0.4 is 0 Å². The van der Waals surface area contributed by atoms with Crippen molar-refractivity contribution < 1.29 is 9.47 Å². The van der Waals surface area contributed by atoms with E-state index in [0.29, 0.717) is 13.2 Å². The summed E-state index contributed by atoms with van der Waals surface area (Å²) in [6, 6.07) is 0. The van der Waals surface area contributed by atoms with E-state index >= 15 is 0 Å². The molecule has 0 amide bonds. The number of allylic oxidation sites excluding steroid dienone is 2. The molecule has 0 aliphatic heterocycles. The largest absolute Gasteiger partial charge is 0.499 e. The van der Waals surface area contributed by atoms with Crippen LogP contribution in [0.4, 0.5) is 0 Å². The molecule has 0 saturated heterocycles. The first-order valence-corrected chi connectivity index (χ1v) is 3.21. The quantitative estimate of drug-likeness (QED) is 0.330. The number of rotatable bonds is 5. The molecule has 58 valence electrons. The first-order chi connectivity index (χ1) is 4.81. The summed E-state index contributed by atoms with van der Waals surface area (Å²) in [4.78, 5) is 0. The van der Waals surface area contributed by atoms with Crippen molar-refractivity contribution in [3.63, 3.8) is 0 Å². The molecule has 0 N–H and O–H groups in total. The Hall–Kier alpha value is -0.760. The fourth-order valence-corrected chi connectivity index (χ4v) is 0.370. The van der Waals surface area contributed by atoms with E-state index in [4.69, 9.17) is 9.47 Å². The van der Waals surface area contributed by atoms with Gasteiger partial charge in [0.25, 0.3) is 0 Å². The van der Waals surface area contributed by atoms with Crippen LogP contribution in [0.1, 0.15) is 6.92 Å². The summed E-state index contributed by atoms with van der Waals surface area (Å²) in [7, 11) is 1.65. The summed E-state index contributed by atoms with van der Waals surface area (Å²) in [5.74, 6) is 0. The number of methoxy groups -OCH3 is 1. The van der Waals surface area contributed by atoms with E-state index in [1.165, 1.54) is 0 Å². The molecule has 0 atom stereocenters. The molecule has 0 aromatic carbocycles. The Morgan fingerprint density at radius 1 is 1.50 bits per heavy atom.